The Morgan fingerprint density at radius 1 is 1.00 bits per heavy atom. The maximum atomic E-state index is 13.3. The Morgan fingerprint density at radius 2 is 1.54 bits per heavy atom. The summed E-state index contributed by atoms with van der Waals surface area (Å²) in [6.45, 7) is 5.99. The average Bonchev–Trinajstić information content (AvgIpc) is 2.66. The molecule has 2 aromatic rings. The van der Waals surface area contributed by atoms with Crippen LogP contribution in [0.25, 0.3) is 0 Å². The topological polar surface area (TPSA) is 46.6 Å². The second-order valence-corrected chi connectivity index (χ2v) is 6.27. The molecular weight excluding hydrogens is 326 g/mol. The Balaban J connectivity index is 2.51. The molecule has 0 saturated heterocycles. The van der Waals surface area contributed by atoms with Crippen LogP contribution < -0.4 is 0 Å². The fourth-order valence-electron chi connectivity index (χ4n) is 3.04. The molecule has 0 amide bonds. The number of Topliss-reactive ketones (excluding diaryl/α,β-unsaturated/α-hetero) is 1. The third-order valence-electron chi connectivity index (χ3n) is 4.27. The first-order chi connectivity index (χ1) is 12.5. The minimum atomic E-state index is -0.572. The number of ether oxygens (including phenoxy) is 1. The van der Waals surface area contributed by atoms with E-state index in [1.54, 1.807) is 19.1 Å². The number of rotatable bonds is 8. The number of nitrogens with zero attached hydrogens (tertiary/aromatic N) is 1. The lowest BCUT2D eigenvalue weighted by Gasteiger charge is -2.32. The molecule has 0 aromatic heterocycles. The molecule has 2 unspecified atom stereocenters. The molecule has 0 fully saturated rings. The lowest BCUT2D eigenvalue weighted by Crippen LogP contribution is -2.42. The smallest absolute Gasteiger partial charge is 0.334 e. The highest BCUT2D eigenvalue weighted by Crippen LogP contribution is 2.32. The van der Waals surface area contributed by atoms with Crippen LogP contribution in [0.1, 0.15) is 28.8 Å². The average molecular weight is 351 g/mol. The fraction of sp³-hybridized carbons (Fsp3) is 0.273. The van der Waals surface area contributed by atoms with Gasteiger partial charge >= 0.3 is 5.97 Å². The number of ketones is 1. The van der Waals surface area contributed by atoms with Gasteiger partial charge in [0.1, 0.15) is 0 Å². The van der Waals surface area contributed by atoms with Gasteiger partial charge in [-0.25, -0.2) is 4.79 Å². The van der Waals surface area contributed by atoms with Crippen molar-refractivity contribution in [2.24, 2.45) is 0 Å². The zero-order chi connectivity index (χ0) is 19.1. The summed E-state index contributed by atoms with van der Waals surface area (Å²) >= 11 is 0. The molecule has 0 saturated carbocycles. The van der Waals surface area contributed by atoms with Crippen molar-refractivity contribution in [3.8, 4) is 0 Å². The first-order valence-electron chi connectivity index (χ1n) is 8.64. The maximum Gasteiger partial charge on any atom is 0.334 e. The molecule has 2 atom stereocenters. The molecule has 26 heavy (non-hydrogen) atoms. The Labute approximate surface area is 155 Å². The molecule has 2 rings (SSSR count). The van der Waals surface area contributed by atoms with Gasteiger partial charge in [-0.05, 0) is 26.6 Å². The molecule has 0 bridgehead atoms. The summed E-state index contributed by atoms with van der Waals surface area (Å²) in [5.41, 5.74) is 1.73. The summed E-state index contributed by atoms with van der Waals surface area (Å²) in [5.74, 6) is -1.04. The molecule has 0 radical (unpaired) electrons. The number of likely N-dealkylation sites (N-methyl/N-ethyl adjacent to an activating group) is 1. The van der Waals surface area contributed by atoms with Gasteiger partial charge in [0.25, 0.3) is 0 Å². The molecular formula is C22H25NO3. The van der Waals surface area contributed by atoms with Crippen LogP contribution in [-0.2, 0) is 9.53 Å². The van der Waals surface area contributed by atoms with Crippen molar-refractivity contribution >= 4 is 11.8 Å². The number of benzene rings is 2. The lowest BCUT2D eigenvalue weighted by molar-refractivity contribution is -0.138. The fourth-order valence-corrected chi connectivity index (χ4v) is 3.04. The summed E-state index contributed by atoms with van der Waals surface area (Å²) in [4.78, 5) is 27.5. The second kappa shape index (κ2) is 9.11. The molecule has 0 aliphatic rings. The van der Waals surface area contributed by atoms with Crippen LogP contribution in [0.3, 0.4) is 0 Å². The summed E-state index contributed by atoms with van der Waals surface area (Å²) in [5, 5.41) is 0. The Kier molecular flexibility index (Phi) is 6.87. The van der Waals surface area contributed by atoms with E-state index in [9.17, 15) is 9.59 Å². The van der Waals surface area contributed by atoms with Gasteiger partial charge in [-0.2, -0.15) is 0 Å². The summed E-state index contributed by atoms with van der Waals surface area (Å²) < 4.78 is 5.15. The highest BCUT2D eigenvalue weighted by molar-refractivity contribution is 6.02. The number of carbonyl (C=O) groups is 2. The molecule has 0 heterocycles. The van der Waals surface area contributed by atoms with Crippen LogP contribution in [0.15, 0.2) is 72.8 Å². The second-order valence-electron chi connectivity index (χ2n) is 6.27. The quantitative estimate of drug-likeness (QED) is 0.413. The summed E-state index contributed by atoms with van der Waals surface area (Å²) in [6.07, 6.45) is 0. The van der Waals surface area contributed by atoms with Crippen molar-refractivity contribution in [2.75, 3.05) is 20.7 Å². The van der Waals surface area contributed by atoms with Crippen molar-refractivity contribution in [3.63, 3.8) is 0 Å². The van der Waals surface area contributed by atoms with Gasteiger partial charge in [0.05, 0.1) is 12.6 Å². The third-order valence-corrected chi connectivity index (χ3v) is 4.27. The molecule has 4 nitrogen and oxygen atoms in total. The van der Waals surface area contributed by atoms with Crippen LogP contribution >= 0.6 is 0 Å². The van der Waals surface area contributed by atoms with Crippen molar-refractivity contribution < 1.29 is 14.3 Å². The Bertz CT molecular complexity index is 753. The van der Waals surface area contributed by atoms with E-state index in [4.69, 9.17) is 4.74 Å². The van der Waals surface area contributed by atoms with Crippen molar-refractivity contribution in [1.29, 1.82) is 0 Å². The number of hydrogen-bond acceptors (Lipinski definition) is 4. The molecule has 0 N–H and O–H groups in total. The van der Waals surface area contributed by atoms with E-state index >= 15 is 0 Å². The van der Waals surface area contributed by atoms with E-state index in [1.165, 1.54) is 0 Å². The molecule has 2 aromatic carbocycles. The van der Waals surface area contributed by atoms with Gasteiger partial charge in [-0.15, -0.1) is 0 Å². The maximum absolute atomic E-state index is 13.3. The van der Waals surface area contributed by atoms with Crippen molar-refractivity contribution in [3.05, 3.63) is 83.9 Å². The number of hydrogen-bond donors (Lipinski definition) is 0. The van der Waals surface area contributed by atoms with E-state index in [1.807, 2.05) is 67.5 Å². The SMILES string of the molecule is C=C(C(=O)OCC)C(c1ccccc1)C(C(=O)c1ccccc1)N(C)C. The van der Waals surface area contributed by atoms with Gasteiger partial charge in [0.2, 0.25) is 0 Å². The van der Waals surface area contributed by atoms with Gasteiger partial charge < -0.3 is 4.74 Å². The molecule has 0 aliphatic heterocycles. The lowest BCUT2D eigenvalue weighted by atomic mass is 9.81. The van der Waals surface area contributed by atoms with Crippen LogP contribution in [0.2, 0.25) is 0 Å². The number of esters is 1. The summed E-state index contributed by atoms with van der Waals surface area (Å²) in [6, 6.07) is 18.0. The minimum Gasteiger partial charge on any atom is -0.463 e. The monoisotopic (exact) mass is 351 g/mol. The van der Waals surface area contributed by atoms with E-state index in [0.29, 0.717) is 5.56 Å². The zero-order valence-electron chi connectivity index (χ0n) is 15.5. The summed E-state index contributed by atoms with van der Waals surface area (Å²) in [7, 11) is 3.67. The van der Waals surface area contributed by atoms with E-state index in [-0.39, 0.29) is 18.0 Å². The van der Waals surface area contributed by atoms with Crippen LogP contribution in [-0.4, -0.2) is 43.4 Å². The van der Waals surface area contributed by atoms with E-state index in [0.717, 1.165) is 5.56 Å². The van der Waals surface area contributed by atoms with E-state index in [2.05, 4.69) is 6.58 Å². The first-order valence-corrected chi connectivity index (χ1v) is 8.64. The highest BCUT2D eigenvalue weighted by Gasteiger charge is 2.36. The minimum absolute atomic E-state index is 0.0603. The number of carbonyl (C=O) groups excluding carboxylic acids is 2. The zero-order valence-corrected chi connectivity index (χ0v) is 15.5. The Morgan fingerprint density at radius 3 is 2.04 bits per heavy atom. The van der Waals surface area contributed by atoms with Gasteiger partial charge in [0.15, 0.2) is 5.78 Å². The predicted octanol–water partition coefficient (Wildman–Crippen LogP) is 3.70. The molecule has 0 aliphatic carbocycles. The van der Waals surface area contributed by atoms with E-state index < -0.39 is 17.9 Å². The predicted molar refractivity (Wildman–Crippen MR) is 103 cm³/mol. The standard InChI is InChI=1S/C22H25NO3/c1-5-26-22(25)16(2)19(17-12-8-6-9-13-17)20(23(3)4)21(24)18-14-10-7-11-15-18/h6-15,19-20H,2,5H2,1,3-4H3. The molecule has 0 spiro atoms. The van der Waals surface area contributed by atoms with Gasteiger partial charge in [-0.3, -0.25) is 9.69 Å². The van der Waals surface area contributed by atoms with Crippen molar-refractivity contribution in [2.45, 2.75) is 18.9 Å². The molecule has 136 valence electrons. The largest absolute Gasteiger partial charge is 0.463 e. The van der Waals surface area contributed by atoms with Gasteiger partial charge in [0, 0.05) is 17.1 Å². The van der Waals surface area contributed by atoms with Crippen LogP contribution in [0.4, 0.5) is 0 Å². The normalized spacial score (nSPS) is 13.1. The highest BCUT2D eigenvalue weighted by atomic mass is 16.5. The van der Waals surface area contributed by atoms with Crippen LogP contribution in [0.5, 0.6) is 0 Å². The van der Waals surface area contributed by atoms with Crippen molar-refractivity contribution in [1.82, 2.24) is 4.90 Å². The van der Waals surface area contributed by atoms with Gasteiger partial charge in [-0.1, -0.05) is 67.2 Å². The Hall–Kier alpha value is -2.72. The van der Waals surface area contributed by atoms with Crippen LogP contribution in [0, 0.1) is 0 Å². The molecule has 4 heteroatoms. The first kappa shape index (κ1) is 19.6. The third kappa shape index (κ3) is 4.46.